The first-order chi connectivity index (χ1) is 10.8. The van der Waals surface area contributed by atoms with E-state index in [0.717, 1.165) is 7.11 Å². The van der Waals surface area contributed by atoms with Gasteiger partial charge in [-0.3, -0.25) is 4.98 Å². The fraction of sp³-hybridized carbons (Fsp3) is 0.375. The Hall–Kier alpha value is -2.31. The number of halogens is 3. The lowest BCUT2D eigenvalue weighted by Crippen LogP contribution is -2.18. The molecule has 0 aliphatic carbocycles. The van der Waals surface area contributed by atoms with Gasteiger partial charge in [0.2, 0.25) is 5.88 Å². The molecule has 0 unspecified atom stereocenters. The molecule has 0 spiro atoms. The largest absolute Gasteiger partial charge is 0.496 e. The van der Waals surface area contributed by atoms with Crippen LogP contribution in [0, 0.1) is 0 Å². The molecule has 0 fully saturated rings. The van der Waals surface area contributed by atoms with E-state index in [1.54, 1.807) is 32.2 Å². The second kappa shape index (κ2) is 8.36. The number of methoxy groups -OCH3 is 2. The standard InChI is InChI=1S/C16H19F3N2O2/c1-5-7-13(22-3)14(16(17,18)19)15(23-4)21-11(2)12-8-6-9-20-10-12/h6-10H,5H2,1-4H3/b13-7-,15-14-,21-11+. The lowest BCUT2D eigenvalue weighted by atomic mass is 10.1. The first-order valence-electron chi connectivity index (χ1n) is 6.90. The van der Waals surface area contributed by atoms with Crippen LogP contribution in [0.25, 0.3) is 0 Å². The zero-order chi connectivity index (χ0) is 17.5. The molecule has 0 atom stereocenters. The van der Waals surface area contributed by atoms with Crippen molar-refractivity contribution in [2.24, 2.45) is 4.99 Å². The third-order valence-electron chi connectivity index (χ3n) is 2.90. The van der Waals surface area contributed by atoms with Crippen molar-refractivity contribution in [1.29, 1.82) is 0 Å². The van der Waals surface area contributed by atoms with E-state index >= 15 is 0 Å². The minimum atomic E-state index is -4.67. The molecule has 0 aromatic carbocycles. The average molecular weight is 328 g/mol. The Labute approximate surface area is 133 Å². The maximum Gasteiger partial charge on any atom is 0.425 e. The number of nitrogens with zero attached hydrogens (tertiary/aromatic N) is 2. The summed E-state index contributed by atoms with van der Waals surface area (Å²) in [6.45, 7) is 3.30. The van der Waals surface area contributed by atoms with Gasteiger partial charge >= 0.3 is 6.18 Å². The van der Waals surface area contributed by atoms with Gasteiger partial charge in [-0.15, -0.1) is 0 Å². The molecule has 4 nitrogen and oxygen atoms in total. The topological polar surface area (TPSA) is 43.7 Å². The summed E-state index contributed by atoms with van der Waals surface area (Å²) in [5.74, 6) is -0.875. The van der Waals surface area contributed by atoms with Gasteiger partial charge in [-0.05, 0) is 25.5 Å². The number of aliphatic imine (C=N–C) groups is 1. The van der Waals surface area contributed by atoms with Gasteiger partial charge in [-0.1, -0.05) is 13.0 Å². The van der Waals surface area contributed by atoms with Crippen LogP contribution in [0.15, 0.2) is 52.8 Å². The molecule has 0 N–H and O–H groups in total. The van der Waals surface area contributed by atoms with Crippen LogP contribution in [-0.4, -0.2) is 31.1 Å². The molecule has 1 heterocycles. The minimum Gasteiger partial charge on any atom is -0.496 e. The zero-order valence-corrected chi connectivity index (χ0v) is 13.4. The van der Waals surface area contributed by atoms with E-state index < -0.39 is 17.6 Å². The molecule has 0 saturated heterocycles. The highest BCUT2D eigenvalue weighted by Gasteiger charge is 2.41. The van der Waals surface area contributed by atoms with E-state index in [0.29, 0.717) is 17.7 Å². The molecule has 0 radical (unpaired) electrons. The Bertz CT molecular complexity index is 606. The van der Waals surface area contributed by atoms with Gasteiger partial charge in [0.1, 0.15) is 5.76 Å². The van der Waals surface area contributed by atoms with Crippen molar-refractivity contribution >= 4 is 5.71 Å². The molecule has 0 saturated carbocycles. The van der Waals surface area contributed by atoms with E-state index in [2.05, 4.69) is 9.98 Å². The monoisotopic (exact) mass is 328 g/mol. The van der Waals surface area contributed by atoms with Crippen molar-refractivity contribution in [3.05, 3.63) is 53.4 Å². The number of allylic oxidation sites excluding steroid dienone is 2. The maximum atomic E-state index is 13.4. The summed E-state index contributed by atoms with van der Waals surface area (Å²) in [6, 6.07) is 3.37. The number of ether oxygens (including phenoxy) is 2. The van der Waals surface area contributed by atoms with Gasteiger partial charge in [-0.25, -0.2) is 4.99 Å². The number of alkyl halides is 3. The van der Waals surface area contributed by atoms with E-state index in [9.17, 15) is 13.2 Å². The molecule has 7 heteroatoms. The van der Waals surface area contributed by atoms with Crippen LogP contribution in [-0.2, 0) is 9.47 Å². The van der Waals surface area contributed by atoms with Gasteiger partial charge in [0.15, 0.2) is 5.57 Å². The number of rotatable bonds is 6. The highest BCUT2D eigenvalue weighted by atomic mass is 19.4. The van der Waals surface area contributed by atoms with Gasteiger partial charge in [0.05, 0.1) is 19.9 Å². The van der Waals surface area contributed by atoms with Gasteiger partial charge in [0, 0.05) is 18.0 Å². The molecule has 126 valence electrons. The summed E-state index contributed by atoms with van der Waals surface area (Å²) in [4.78, 5) is 7.89. The molecule has 1 rings (SSSR count). The Morgan fingerprint density at radius 3 is 2.43 bits per heavy atom. The lowest BCUT2D eigenvalue weighted by molar-refractivity contribution is -0.0966. The second-order valence-electron chi connectivity index (χ2n) is 4.50. The Balaban J connectivity index is 3.49. The molecule has 1 aromatic heterocycles. The fourth-order valence-corrected chi connectivity index (χ4v) is 1.84. The van der Waals surface area contributed by atoms with Crippen LogP contribution in [0.2, 0.25) is 0 Å². The zero-order valence-electron chi connectivity index (χ0n) is 13.4. The molecule has 0 aliphatic heterocycles. The highest BCUT2D eigenvalue weighted by molar-refractivity contribution is 5.98. The van der Waals surface area contributed by atoms with Crippen LogP contribution in [0.1, 0.15) is 25.8 Å². The summed E-state index contributed by atoms with van der Waals surface area (Å²) in [5, 5.41) is 0. The van der Waals surface area contributed by atoms with Crippen molar-refractivity contribution in [1.82, 2.24) is 4.98 Å². The summed E-state index contributed by atoms with van der Waals surface area (Å²) in [7, 11) is 2.32. The first-order valence-corrected chi connectivity index (χ1v) is 6.90. The lowest BCUT2D eigenvalue weighted by Gasteiger charge is -2.17. The van der Waals surface area contributed by atoms with Crippen molar-refractivity contribution in [2.75, 3.05) is 14.2 Å². The normalized spacial score (nSPS) is 14.4. The van der Waals surface area contributed by atoms with Gasteiger partial charge in [0.25, 0.3) is 0 Å². The maximum absolute atomic E-state index is 13.4. The molecule has 1 aromatic rings. The quantitative estimate of drug-likeness (QED) is 0.445. The first kappa shape index (κ1) is 18.7. The molecule has 23 heavy (non-hydrogen) atoms. The van der Waals surface area contributed by atoms with Crippen LogP contribution in [0.3, 0.4) is 0 Å². The van der Waals surface area contributed by atoms with E-state index in [-0.39, 0.29) is 5.76 Å². The van der Waals surface area contributed by atoms with Crippen LogP contribution in [0.4, 0.5) is 13.2 Å². The third kappa shape index (κ3) is 5.12. The average Bonchev–Trinajstić information content (AvgIpc) is 2.52. The van der Waals surface area contributed by atoms with Crippen molar-refractivity contribution in [2.45, 2.75) is 26.4 Å². The van der Waals surface area contributed by atoms with Crippen molar-refractivity contribution in [3.63, 3.8) is 0 Å². The summed E-state index contributed by atoms with van der Waals surface area (Å²) in [6.07, 6.45) is 0.124. The van der Waals surface area contributed by atoms with Crippen LogP contribution < -0.4 is 0 Å². The van der Waals surface area contributed by atoms with Gasteiger partial charge in [-0.2, -0.15) is 13.2 Å². The Morgan fingerprint density at radius 2 is 2.00 bits per heavy atom. The summed E-state index contributed by atoms with van der Waals surface area (Å²) >= 11 is 0. The smallest absolute Gasteiger partial charge is 0.425 e. The summed E-state index contributed by atoms with van der Waals surface area (Å²) in [5.41, 5.74) is -0.0988. The van der Waals surface area contributed by atoms with Crippen LogP contribution in [0.5, 0.6) is 0 Å². The SMILES string of the molecule is CC/C=C(OC)/C(=C(\N=C(/C)c1cccnc1)OC)C(F)(F)F. The van der Waals surface area contributed by atoms with Crippen LogP contribution >= 0.6 is 0 Å². The highest BCUT2D eigenvalue weighted by Crippen LogP contribution is 2.35. The van der Waals surface area contributed by atoms with Crippen molar-refractivity contribution in [3.8, 4) is 0 Å². The third-order valence-corrected chi connectivity index (χ3v) is 2.90. The number of hydrogen-bond acceptors (Lipinski definition) is 4. The predicted octanol–water partition coefficient (Wildman–Crippen LogP) is 4.25. The van der Waals surface area contributed by atoms with Gasteiger partial charge < -0.3 is 9.47 Å². The number of aromatic nitrogens is 1. The summed E-state index contributed by atoms with van der Waals surface area (Å²) < 4.78 is 50.1. The molecular formula is C16H19F3N2O2. The van der Waals surface area contributed by atoms with E-state index in [4.69, 9.17) is 9.47 Å². The van der Waals surface area contributed by atoms with Crippen molar-refractivity contribution < 1.29 is 22.6 Å². The van der Waals surface area contributed by atoms with E-state index in [1.165, 1.54) is 19.4 Å². The Kier molecular flexibility index (Phi) is 6.81. The number of pyridine rings is 1. The molecule has 0 amide bonds. The predicted molar refractivity (Wildman–Crippen MR) is 81.9 cm³/mol. The minimum absolute atomic E-state index is 0.320. The molecule has 0 aliphatic rings. The Morgan fingerprint density at radius 1 is 1.30 bits per heavy atom. The molecular weight excluding hydrogens is 309 g/mol. The van der Waals surface area contributed by atoms with E-state index in [1.807, 2.05) is 0 Å². The molecule has 0 bridgehead atoms. The second-order valence-corrected chi connectivity index (χ2v) is 4.50. The number of hydrogen-bond donors (Lipinski definition) is 0. The fourth-order valence-electron chi connectivity index (χ4n) is 1.84.